The van der Waals surface area contributed by atoms with E-state index in [1.54, 1.807) is 0 Å². The first kappa shape index (κ1) is 12.3. The molecule has 2 aliphatic heterocycles. The highest BCUT2D eigenvalue weighted by Crippen LogP contribution is 2.33. The van der Waals surface area contributed by atoms with Gasteiger partial charge in [0.25, 0.3) is 0 Å². The molecular formula is C12H12FNO5. The lowest BCUT2D eigenvalue weighted by Gasteiger charge is -2.17. The number of nitrogens with zero attached hydrogens (tertiary/aromatic N) is 1. The molecule has 3 rings (SSSR count). The molecule has 2 unspecified atom stereocenters. The number of ether oxygens (including phenoxy) is 3. The molecular weight excluding hydrogens is 257 g/mol. The summed E-state index contributed by atoms with van der Waals surface area (Å²) < 4.78 is 29.7. The van der Waals surface area contributed by atoms with E-state index in [9.17, 15) is 14.5 Å². The molecule has 2 fully saturated rings. The van der Waals surface area contributed by atoms with Crippen LogP contribution in [0.1, 0.15) is 6.42 Å². The van der Waals surface area contributed by atoms with Crippen molar-refractivity contribution in [1.29, 1.82) is 0 Å². The molecule has 6 nitrogen and oxygen atoms in total. The Labute approximate surface area is 108 Å². The van der Waals surface area contributed by atoms with Crippen molar-refractivity contribution >= 4 is 5.69 Å². The largest absolute Gasteiger partial charge is 0.478 e. The van der Waals surface area contributed by atoms with Gasteiger partial charge in [0.15, 0.2) is 11.9 Å². The summed E-state index contributed by atoms with van der Waals surface area (Å²) in [4.78, 5) is 10.3. The van der Waals surface area contributed by atoms with Gasteiger partial charge in [0.2, 0.25) is 0 Å². The Balaban J connectivity index is 1.83. The summed E-state index contributed by atoms with van der Waals surface area (Å²) in [5.41, 5.74) is -0.261. The molecule has 0 saturated carbocycles. The maximum atomic E-state index is 13.2. The van der Waals surface area contributed by atoms with Gasteiger partial charge in [0.05, 0.1) is 17.6 Å². The van der Waals surface area contributed by atoms with Crippen molar-refractivity contribution in [3.8, 4) is 5.75 Å². The van der Waals surface area contributed by atoms with Gasteiger partial charge in [-0.3, -0.25) is 10.1 Å². The highest BCUT2D eigenvalue weighted by atomic mass is 19.1. The molecule has 3 atom stereocenters. The van der Waals surface area contributed by atoms with Crippen LogP contribution in [0.2, 0.25) is 0 Å². The fourth-order valence-corrected chi connectivity index (χ4v) is 2.43. The quantitative estimate of drug-likeness (QED) is 0.616. The van der Waals surface area contributed by atoms with E-state index in [4.69, 9.17) is 14.2 Å². The molecule has 0 radical (unpaired) electrons. The molecule has 1 aromatic carbocycles. The lowest BCUT2D eigenvalue weighted by molar-refractivity contribution is -0.386. The second-order valence-corrected chi connectivity index (χ2v) is 4.52. The number of hydrogen-bond donors (Lipinski definition) is 0. The van der Waals surface area contributed by atoms with Crippen LogP contribution in [0, 0.1) is 15.9 Å². The summed E-state index contributed by atoms with van der Waals surface area (Å²) in [7, 11) is 0. The van der Waals surface area contributed by atoms with Crippen LogP contribution in [0.3, 0.4) is 0 Å². The molecule has 1 aromatic rings. The van der Waals surface area contributed by atoms with Gasteiger partial charge in [-0.25, -0.2) is 4.39 Å². The molecule has 0 aromatic heterocycles. The smallest absolute Gasteiger partial charge is 0.311 e. The third kappa shape index (κ3) is 2.26. The molecule has 19 heavy (non-hydrogen) atoms. The molecule has 2 heterocycles. The van der Waals surface area contributed by atoms with E-state index in [1.165, 1.54) is 0 Å². The predicted molar refractivity (Wildman–Crippen MR) is 61.6 cm³/mol. The van der Waals surface area contributed by atoms with Gasteiger partial charge in [-0.2, -0.15) is 0 Å². The van der Waals surface area contributed by atoms with Gasteiger partial charge >= 0.3 is 5.69 Å². The Bertz CT molecular complexity index is 509. The third-order valence-electron chi connectivity index (χ3n) is 3.32. The Kier molecular flexibility index (Phi) is 3.08. The van der Waals surface area contributed by atoms with E-state index in [-0.39, 0.29) is 23.6 Å². The second kappa shape index (κ2) is 4.75. The summed E-state index contributed by atoms with van der Waals surface area (Å²) >= 11 is 0. The second-order valence-electron chi connectivity index (χ2n) is 4.52. The standard InChI is InChI=1S/C12H12FNO5/c13-7-1-2-8(14(15)16)10(5-7)19-11-6-18-9-3-4-17-12(9)11/h1-2,5,9,11-12H,3-4,6H2/t9?,11-,12?/m1/s1. The highest BCUT2D eigenvalue weighted by molar-refractivity contribution is 5.46. The van der Waals surface area contributed by atoms with Gasteiger partial charge in [0.1, 0.15) is 11.9 Å². The zero-order chi connectivity index (χ0) is 13.4. The van der Waals surface area contributed by atoms with Crippen molar-refractivity contribution < 1.29 is 23.5 Å². The van der Waals surface area contributed by atoms with Gasteiger partial charge < -0.3 is 14.2 Å². The average Bonchev–Trinajstić information content (AvgIpc) is 2.94. The van der Waals surface area contributed by atoms with Crippen LogP contribution >= 0.6 is 0 Å². The van der Waals surface area contributed by atoms with E-state index >= 15 is 0 Å². The minimum atomic E-state index is -0.600. The van der Waals surface area contributed by atoms with Crippen LogP contribution in [0.25, 0.3) is 0 Å². The Morgan fingerprint density at radius 1 is 1.42 bits per heavy atom. The molecule has 0 N–H and O–H groups in total. The molecule has 0 amide bonds. The number of hydrogen-bond acceptors (Lipinski definition) is 5. The van der Waals surface area contributed by atoms with Gasteiger partial charge in [-0.1, -0.05) is 0 Å². The Morgan fingerprint density at radius 2 is 2.26 bits per heavy atom. The number of halogens is 1. The van der Waals surface area contributed by atoms with Gasteiger partial charge in [0, 0.05) is 18.7 Å². The van der Waals surface area contributed by atoms with Crippen molar-refractivity contribution in [2.45, 2.75) is 24.7 Å². The van der Waals surface area contributed by atoms with Crippen LogP contribution in [-0.2, 0) is 9.47 Å². The monoisotopic (exact) mass is 269 g/mol. The van der Waals surface area contributed by atoms with Gasteiger partial charge in [-0.05, 0) is 12.5 Å². The minimum Gasteiger partial charge on any atom is -0.478 e. The lowest BCUT2D eigenvalue weighted by Crippen LogP contribution is -2.32. The van der Waals surface area contributed by atoms with E-state index in [1.807, 2.05) is 0 Å². The lowest BCUT2D eigenvalue weighted by atomic mass is 10.1. The fourth-order valence-electron chi connectivity index (χ4n) is 2.43. The fraction of sp³-hybridized carbons (Fsp3) is 0.500. The number of rotatable bonds is 3. The Hall–Kier alpha value is -1.73. The van der Waals surface area contributed by atoms with E-state index in [0.717, 1.165) is 24.6 Å². The number of benzene rings is 1. The molecule has 0 aliphatic carbocycles. The van der Waals surface area contributed by atoms with Crippen LogP contribution in [0.5, 0.6) is 5.75 Å². The molecule has 7 heteroatoms. The molecule has 2 saturated heterocycles. The summed E-state index contributed by atoms with van der Waals surface area (Å²) in [6.07, 6.45) is 0.0870. The molecule has 2 aliphatic rings. The summed E-state index contributed by atoms with van der Waals surface area (Å²) in [5.74, 6) is -0.668. The summed E-state index contributed by atoms with van der Waals surface area (Å²) in [6.45, 7) is 0.878. The average molecular weight is 269 g/mol. The van der Waals surface area contributed by atoms with E-state index in [0.29, 0.717) is 13.2 Å². The SMILES string of the molecule is O=[N+]([O-])c1ccc(F)cc1O[C@@H]1COC2CCOC21. The molecule has 102 valence electrons. The normalized spacial score (nSPS) is 29.2. The van der Waals surface area contributed by atoms with Crippen LogP contribution in [0.15, 0.2) is 18.2 Å². The maximum absolute atomic E-state index is 13.2. The van der Waals surface area contributed by atoms with E-state index in [2.05, 4.69) is 0 Å². The van der Waals surface area contributed by atoms with Crippen molar-refractivity contribution in [2.75, 3.05) is 13.2 Å². The van der Waals surface area contributed by atoms with Crippen molar-refractivity contribution in [3.63, 3.8) is 0 Å². The topological polar surface area (TPSA) is 70.8 Å². The summed E-state index contributed by atoms with van der Waals surface area (Å²) in [5, 5.41) is 10.9. The third-order valence-corrected chi connectivity index (χ3v) is 3.32. The van der Waals surface area contributed by atoms with Gasteiger partial charge in [-0.15, -0.1) is 0 Å². The zero-order valence-corrected chi connectivity index (χ0v) is 9.95. The minimum absolute atomic E-state index is 0.0300. The van der Waals surface area contributed by atoms with Crippen LogP contribution in [-0.4, -0.2) is 36.4 Å². The molecule has 0 bridgehead atoms. The number of nitro benzene ring substituents is 1. The number of fused-ring (bicyclic) bond motifs is 1. The van der Waals surface area contributed by atoms with Crippen LogP contribution in [0.4, 0.5) is 10.1 Å². The zero-order valence-electron chi connectivity index (χ0n) is 9.95. The first-order valence-electron chi connectivity index (χ1n) is 5.99. The molecule has 0 spiro atoms. The summed E-state index contributed by atoms with van der Waals surface area (Å²) in [6, 6.07) is 3.14. The highest BCUT2D eigenvalue weighted by Gasteiger charge is 2.43. The Morgan fingerprint density at radius 3 is 3.05 bits per heavy atom. The first-order chi connectivity index (χ1) is 9.15. The number of nitro groups is 1. The van der Waals surface area contributed by atoms with Crippen molar-refractivity contribution in [2.24, 2.45) is 0 Å². The first-order valence-corrected chi connectivity index (χ1v) is 5.99. The maximum Gasteiger partial charge on any atom is 0.311 e. The van der Waals surface area contributed by atoms with Crippen molar-refractivity contribution in [3.05, 3.63) is 34.1 Å². The van der Waals surface area contributed by atoms with E-state index < -0.39 is 16.8 Å². The predicted octanol–water partition coefficient (Wildman–Crippen LogP) is 1.67. The van der Waals surface area contributed by atoms with Crippen molar-refractivity contribution in [1.82, 2.24) is 0 Å². The van der Waals surface area contributed by atoms with Crippen LogP contribution < -0.4 is 4.74 Å².